The maximum absolute atomic E-state index is 13.7. The predicted molar refractivity (Wildman–Crippen MR) is 100 cm³/mol. The van der Waals surface area contributed by atoms with Crippen LogP contribution in [0.1, 0.15) is 18.6 Å². The van der Waals surface area contributed by atoms with Gasteiger partial charge in [0.2, 0.25) is 5.28 Å². The average Bonchev–Trinajstić information content (AvgIpc) is 2.61. The van der Waals surface area contributed by atoms with E-state index in [-0.39, 0.29) is 21.1 Å². The molecule has 9 heteroatoms. The molecule has 0 aliphatic carbocycles. The predicted octanol–water partition coefficient (Wildman–Crippen LogP) is 5.36. The molecule has 0 bridgehead atoms. The minimum absolute atomic E-state index is 0.0983. The number of nitrogens with zero attached hydrogens (tertiary/aromatic N) is 3. The third-order valence-corrected chi connectivity index (χ3v) is 4.53. The molecule has 0 amide bonds. The van der Waals surface area contributed by atoms with Gasteiger partial charge in [0.15, 0.2) is 11.6 Å². The topological polar surface area (TPSA) is 73.9 Å². The minimum atomic E-state index is -0.661. The zero-order valence-electron chi connectivity index (χ0n) is 13.4. The molecule has 5 nitrogen and oxygen atoms in total. The van der Waals surface area contributed by atoms with Crippen molar-refractivity contribution in [3.05, 3.63) is 63.5 Å². The van der Waals surface area contributed by atoms with Gasteiger partial charge in [-0.3, -0.25) is 0 Å². The van der Waals surface area contributed by atoms with E-state index in [9.17, 15) is 4.39 Å². The lowest BCUT2D eigenvalue weighted by Crippen LogP contribution is -2.08. The summed E-state index contributed by atoms with van der Waals surface area (Å²) in [7, 11) is 0. The molecule has 134 valence electrons. The van der Waals surface area contributed by atoms with Crippen LogP contribution < -0.4 is 10.5 Å². The fourth-order valence-corrected chi connectivity index (χ4v) is 3.11. The molecule has 0 radical (unpaired) electrons. The van der Waals surface area contributed by atoms with Gasteiger partial charge in [-0.05, 0) is 36.7 Å². The third kappa shape index (κ3) is 3.82. The number of hydrogen-bond acceptors (Lipinski definition) is 5. The Balaban J connectivity index is 1.94. The van der Waals surface area contributed by atoms with Crippen molar-refractivity contribution in [2.75, 3.05) is 5.73 Å². The van der Waals surface area contributed by atoms with E-state index in [4.69, 9.17) is 45.3 Å². The standard InChI is InChI=1S/C17H12Cl3FN4O/c1-8(14-11(18)2-3-12(21)15(14)19)26-13-4-9(5-23-16(13)22)10-6-24-17(20)25-7-10/h2-8H,1H3,(H2,22,23). The van der Waals surface area contributed by atoms with E-state index in [1.165, 1.54) is 12.1 Å². The molecule has 0 spiro atoms. The smallest absolute Gasteiger partial charge is 0.222 e. The lowest BCUT2D eigenvalue weighted by atomic mass is 10.1. The van der Waals surface area contributed by atoms with Gasteiger partial charge in [-0.25, -0.2) is 19.3 Å². The zero-order valence-corrected chi connectivity index (χ0v) is 15.6. The Morgan fingerprint density at radius 2 is 1.69 bits per heavy atom. The van der Waals surface area contributed by atoms with E-state index >= 15 is 0 Å². The van der Waals surface area contributed by atoms with Crippen LogP contribution in [0.2, 0.25) is 15.3 Å². The Morgan fingerprint density at radius 3 is 2.38 bits per heavy atom. The quantitative estimate of drug-likeness (QED) is 0.460. The van der Waals surface area contributed by atoms with E-state index in [2.05, 4.69) is 15.0 Å². The summed E-state index contributed by atoms with van der Waals surface area (Å²) in [6.45, 7) is 1.68. The Labute approximate surface area is 163 Å². The highest BCUT2D eigenvalue weighted by Gasteiger charge is 2.20. The highest BCUT2D eigenvalue weighted by molar-refractivity contribution is 6.36. The maximum atomic E-state index is 13.7. The fraction of sp³-hybridized carbons (Fsp3) is 0.118. The van der Waals surface area contributed by atoms with Crippen molar-refractivity contribution >= 4 is 40.6 Å². The number of hydrogen-bond donors (Lipinski definition) is 1. The maximum Gasteiger partial charge on any atom is 0.222 e. The lowest BCUT2D eigenvalue weighted by Gasteiger charge is -2.19. The highest BCUT2D eigenvalue weighted by Crippen LogP contribution is 2.36. The van der Waals surface area contributed by atoms with Crippen LogP contribution in [0, 0.1) is 5.82 Å². The van der Waals surface area contributed by atoms with Crippen molar-refractivity contribution in [3.63, 3.8) is 0 Å². The van der Waals surface area contributed by atoms with Gasteiger partial charge in [0.1, 0.15) is 11.9 Å². The van der Waals surface area contributed by atoms with Crippen molar-refractivity contribution in [2.45, 2.75) is 13.0 Å². The van der Waals surface area contributed by atoms with Crippen molar-refractivity contribution in [2.24, 2.45) is 0 Å². The summed E-state index contributed by atoms with van der Waals surface area (Å²) in [6.07, 6.45) is 4.00. The van der Waals surface area contributed by atoms with Gasteiger partial charge >= 0.3 is 0 Å². The molecule has 0 saturated heterocycles. The number of pyridine rings is 1. The van der Waals surface area contributed by atoms with Crippen LogP contribution in [0.5, 0.6) is 5.75 Å². The number of anilines is 1. The van der Waals surface area contributed by atoms with Crippen molar-refractivity contribution in [3.8, 4) is 16.9 Å². The fourth-order valence-electron chi connectivity index (χ4n) is 2.33. The molecular weight excluding hydrogens is 402 g/mol. The van der Waals surface area contributed by atoms with Crippen molar-refractivity contribution in [1.82, 2.24) is 15.0 Å². The monoisotopic (exact) mass is 412 g/mol. The number of rotatable bonds is 4. The second kappa shape index (κ2) is 7.61. The molecule has 1 unspecified atom stereocenters. The molecule has 0 fully saturated rings. The van der Waals surface area contributed by atoms with Crippen molar-refractivity contribution < 1.29 is 9.13 Å². The summed E-state index contributed by atoms with van der Waals surface area (Å²) >= 11 is 17.9. The highest BCUT2D eigenvalue weighted by atomic mass is 35.5. The molecule has 0 aliphatic heterocycles. The van der Waals surface area contributed by atoms with E-state index in [0.29, 0.717) is 22.4 Å². The van der Waals surface area contributed by atoms with E-state index in [1.807, 2.05) is 0 Å². The second-order valence-corrected chi connectivity index (χ2v) is 6.49. The first-order valence-electron chi connectivity index (χ1n) is 7.40. The van der Waals surface area contributed by atoms with Gasteiger partial charge < -0.3 is 10.5 Å². The molecule has 2 N–H and O–H groups in total. The van der Waals surface area contributed by atoms with Crippen LogP contribution in [0.3, 0.4) is 0 Å². The van der Waals surface area contributed by atoms with Crippen LogP contribution in [0.15, 0.2) is 36.8 Å². The number of halogens is 4. The molecule has 3 aromatic rings. The second-order valence-electron chi connectivity index (χ2n) is 5.37. The van der Waals surface area contributed by atoms with E-state index in [1.54, 1.807) is 31.6 Å². The Morgan fingerprint density at radius 1 is 1.04 bits per heavy atom. The summed E-state index contributed by atoms with van der Waals surface area (Å²) in [5.74, 6) is -0.125. The zero-order chi connectivity index (χ0) is 18.8. The van der Waals surface area contributed by atoms with Crippen molar-refractivity contribution in [1.29, 1.82) is 0 Å². The van der Waals surface area contributed by atoms with Crippen LogP contribution >= 0.6 is 34.8 Å². The van der Waals surface area contributed by atoms with Gasteiger partial charge in [0, 0.05) is 40.3 Å². The first kappa shape index (κ1) is 18.6. The van der Waals surface area contributed by atoms with Crippen LogP contribution in [-0.2, 0) is 0 Å². The first-order chi connectivity index (χ1) is 12.4. The molecule has 0 aliphatic rings. The average molecular weight is 414 g/mol. The van der Waals surface area contributed by atoms with E-state index < -0.39 is 11.9 Å². The van der Waals surface area contributed by atoms with Gasteiger partial charge in [-0.1, -0.05) is 23.2 Å². The number of ether oxygens (including phenoxy) is 1. The molecule has 1 atom stereocenters. The third-order valence-electron chi connectivity index (χ3n) is 3.63. The summed E-state index contributed by atoms with van der Waals surface area (Å²) < 4.78 is 19.6. The van der Waals surface area contributed by atoms with Crippen LogP contribution in [-0.4, -0.2) is 15.0 Å². The molecule has 2 aromatic heterocycles. The normalized spacial score (nSPS) is 12.0. The van der Waals surface area contributed by atoms with Crippen LogP contribution in [0.4, 0.5) is 10.2 Å². The Kier molecular flexibility index (Phi) is 5.46. The summed E-state index contributed by atoms with van der Waals surface area (Å²) in [4.78, 5) is 12.0. The first-order valence-corrected chi connectivity index (χ1v) is 8.53. The minimum Gasteiger partial charge on any atom is -0.482 e. The molecule has 1 aromatic carbocycles. The Bertz CT molecular complexity index is 953. The lowest BCUT2D eigenvalue weighted by molar-refractivity contribution is 0.227. The molecule has 3 rings (SSSR count). The Hall–Kier alpha value is -2.15. The molecule has 26 heavy (non-hydrogen) atoms. The summed E-state index contributed by atoms with van der Waals surface area (Å²) in [6, 6.07) is 4.28. The van der Waals surface area contributed by atoms with Crippen LogP contribution in [0.25, 0.3) is 11.1 Å². The number of nitrogens with two attached hydrogens (primary N) is 1. The van der Waals surface area contributed by atoms with E-state index in [0.717, 1.165) is 0 Å². The van der Waals surface area contributed by atoms with Gasteiger partial charge in [0.05, 0.1) is 5.02 Å². The number of nitrogen functional groups attached to an aromatic ring is 1. The van der Waals surface area contributed by atoms with Gasteiger partial charge in [0.25, 0.3) is 0 Å². The SMILES string of the molecule is CC(Oc1cc(-c2cnc(Cl)nc2)cnc1N)c1c(Cl)ccc(F)c1Cl. The number of benzene rings is 1. The van der Waals surface area contributed by atoms with Gasteiger partial charge in [-0.2, -0.15) is 0 Å². The van der Waals surface area contributed by atoms with Gasteiger partial charge in [-0.15, -0.1) is 0 Å². The summed E-state index contributed by atoms with van der Waals surface area (Å²) in [5, 5.41) is 0.328. The largest absolute Gasteiger partial charge is 0.482 e. The number of aromatic nitrogens is 3. The molecular formula is C17H12Cl3FN4O. The summed E-state index contributed by atoms with van der Waals surface area (Å²) in [5.41, 5.74) is 7.58. The molecule has 0 saturated carbocycles. The molecule has 2 heterocycles.